The van der Waals surface area contributed by atoms with Crippen LogP contribution in [0, 0.1) is 5.41 Å². The summed E-state index contributed by atoms with van der Waals surface area (Å²) in [6, 6.07) is 6.06. The summed E-state index contributed by atoms with van der Waals surface area (Å²) >= 11 is 0. The van der Waals surface area contributed by atoms with E-state index < -0.39 is 0 Å². The Morgan fingerprint density at radius 2 is 2.12 bits per heavy atom. The summed E-state index contributed by atoms with van der Waals surface area (Å²) in [5, 5.41) is 10.2. The second kappa shape index (κ2) is 4.69. The van der Waals surface area contributed by atoms with E-state index in [1.54, 1.807) is 0 Å². The minimum Gasteiger partial charge on any atom is -0.493 e. The zero-order valence-electron chi connectivity index (χ0n) is 11.0. The van der Waals surface area contributed by atoms with Crippen molar-refractivity contribution in [3.05, 3.63) is 29.3 Å². The fourth-order valence-corrected chi connectivity index (χ4v) is 2.15. The highest BCUT2D eigenvalue weighted by atomic mass is 16.5. The molecule has 1 atom stereocenters. The van der Waals surface area contributed by atoms with Crippen LogP contribution in [-0.2, 0) is 6.42 Å². The summed E-state index contributed by atoms with van der Waals surface area (Å²) < 4.78 is 5.47. The Labute approximate surface area is 104 Å². The van der Waals surface area contributed by atoms with E-state index in [0.29, 0.717) is 0 Å². The second-order valence-corrected chi connectivity index (χ2v) is 6.08. The van der Waals surface area contributed by atoms with Crippen LogP contribution in [0.25, 0.3) is 0 Å². The molecule has 0 saturated carbocycles. The topological polar surface area (TPSA) is 29.5 Å². The maximum Gasteiger partial charge on any atom is 0.122 e. The molecule has 0 spiro atoms. The molecular weight excluding hydrogens is 212 g/mol. The van der Waals surface area contributed by atoms with E-state index in [0.717, 1.165) is 37.2 Å². The smallest absolute Gasteiger partial charge is 0.122 e. The van der Waals surface area contributed by atoms with Crippen LogP contribution in [0.2, 0.25) is 0 Å². The van der Waals surface area contributed by atoms with Crippen LogP contribution >= 0.6 is 0 Å². The van der Waals surface area contributed by atoms with Crippen molar-refractivity contribution in [1.29, 1.82) is 0 Å². The average Bonchev–Trinajstić information content (AvgIpc) is 2.71. The highest BCUT2D eigenvalue weighted by Gasteiger charge is 2.17. The molecule has 0 saturated heterocycles. The van der Waals surface area contributed by atoms with Crippen molar-refractivity contribution in [1.82, 2.24) is 0 Å². The van der Waals surface area contributed by atoms with E-state index in [4.69, 9.17) is 4.74 Å². The number of hydrogen-bond acceptors (Lipinski definition) is 2. The first-order chi connectivity index (χ1) is 7.96. The van der Waals surface area contributed by atoms with Crippen molar-refractivity contribution in [2.45, 2.75) is 46.1 Å². The molecular formula is C15H22O2. The number of rotatable bonds is 3. The number of ether oxygens (including phenoxy) is 1. The second-order valence-electron chi connectivity index (χ2n) is 6.08. The number of fused-ring (bicyclic) bond motifs is 1. The van der Waals surface area contributed by atoms with Crippen molar-refractivity contribution in [3.63, 3.8) is 0 Å². The van der Waals surface area contributed by atoms with E-state index in [1.807, 2.05) is 12.1 Å². The summed E-state index contributed by atoms with van der Waals surface area (Å²) in [5.41, 5.74) is 2.54. The van der Waals surface area contributed by atoms with Crippen LogP contribution in [0.15, 0.2) is 18.2 Å². The van der Waals surface area contributed by atoms with E-state index in [-0.39, 0.29) is 11.5 Å². The molecule has 17 heavy (non-hydrogen) atoms. The van der Waals surface area contributed by atoms with Gasteiger partial charge >= 0.3 is 0 Å². The van der Waals surface area contributed by atoms with Gasteiger partial charge in [-0.05, 0) is 41.5 Å². The molecule has 1 aromatic carbocycles. The lowest BCUT2D eigenvalue weighted by Crippen LogP contribution is -2.08. The van der Waals surface area contributed by atoms with Gasteiger partial charge in [0.25, 0.3) is 0 Å². The molecule has 1 unspecified atom stereocenters. The quantitative estimate of drug-likeness (QED) is 0.867. The number of aliphatic hydroxyl groups excluding tert-OH is 1. The van der Waals surface area contributed by atoms with Gasteiger partial charge in [0.2, 0.25) is 0 Å². The van der Waals surface area contributed by atoms with Gasteiger partial charge in [-0.1, -0.05) is 26.8 Å². The van der Waals surface area contributed by atoms with E-state index >= 15 is 0 Å². The zero-order valence-corrected chi connectivity index (χ0v) is 11.0. The molecule has 0 radical (unpaired) electrons. The molecule has 0 aromatic heterocycles. The Kier molecular flexibility index (Phi) is 3.43. The predicted octanol–water partition coefficient (Wildman–Crippen LogP) is 3.48. The fraction of sp³-hybridized carbons (Fsp3) is 0.600. The summed E-state index contributed by atoms with van der Waals surface area (Å²) in [6.45, 7) is 7.39. The molecule has 2 heteroatoms. The molecule has 1 N–H and O–H groups in total. The van der Waals surface area contributed by atoms with Gasteiger partial charge in [0, 0.05) is 6.42 Å². The lowest BCUT2D eigenvalue weighted by Gasteiger charge is -2.20. The van der Waals surface area contributed by atoms with E-state index in [2.05, 4.69) is 26.8 Å². The first-order valence-corrected chi connectivity index (χ1v) is 6.39. The van der Waals surface area contributed by atoms with Gasteiger partial charge in [-0.2, -0.15) is 0 Å². The lowest BCUT2D eigenvalue weighted by atomic mass is 9.88. The van der Waals surface area contributed by atoms with E-state index in [1.165, 1.54) is 5.56 Å². The average molecular weight is 234 g/mol. The largest absolute Gasteiger partial charge is 0.493 e. The van der Waals surface area contributed by atoms with Gasteiger partial charge in [0.15, 0.2) is 0 Å². The zero-order chi connectivity index (χ0) is 12.5. The lowest BCUT2D eigenvalue weighted by molar-refractivity contribution is 0.147. The number of benzene rings is 1. The van der Waals surface area contributed by atoms with Gasteiger partial charge in [-0.25, -0.2) is 0 Å². The SMILES string of the molecule is CC(C)(C)CCC(O)c1ccc2c(c1)CCO2. The molecule has 2 rings (SSSR count). The Balaban J connectivity index is 2.02. The van der Waals surface area contributed by atoms with Crippen molar-refractivity contribution in [3.8, 4) is 5.75 Å². The Bertz CT molecular complexity index is 390. The molecule has 1 aromatic rings. The maximum atomic E-state index is 10.2. The van der Waals surface area contributed by atoms with Gasteiger partial charge in [0.05, 0.1) is 12.7 Å². The molecule has 0 fully saturated rings. The molecule has 2 nitrogen and oxygen atoms in total. The highest BCUT2D eigenvalue weighted by molar-refractivity contribution is 5.40. The van der Waals surface area contributed by atoms with Crippen LogP contribution in [-0.4, -0.2) is 11.7 Å². The molecule has 94 valence electrons. The molecule has 1 aliphatic heterocycles. The molecule has 1 aliphatic rings. The molecule has 0 aliphatic carbocycles. The highest BCUT2D eigenvalue weighted by Crippen LogP contribution is 2.31. The Morgan fingerprint density at radius 3 is 2.82 bits per heavy atom. The number of aliphatic hydroxyl groups is 1. The molecule has 1 heterocycles. The molecule has 0 bridgehead atoms. The Hall–Kier alpha value is -1.02. The van der Waals surface area contributed by atoms with E-state index in [9.17, 15) is 5.11 Å². The normalized spacial score (nSPS) is 16.5. The summed E-state index contributed by atoms with van der Waals surface area (Å²) in [5.74, 6) is 0.983. The third kappa shape index (κ3) is 3.22. The van der Waals surface area contributed by atoms with Gasteiger partial charge in [0.1, 0.15) is 5.75 Å². The van der Waals surface area contributed by atoms with Crippen LogP contribution in [0.5, 0.6) is 5.75 Å². The summed E-state index contributed by atoms with van der Waals surface area (Å²) in [7, 11) is 0. The van der Waals surface area contributed by atoms with Gasteiger partial charge in [-0.3, -0.25) is 0 Å². The fourth-order valence-electron chi connectivity index (χ4n) is 2.15. The van der Waals surface area contributed by atoms with Crippen molar-refractivity contribution < 1.29 is 9.84 Å². The monoisotopic (exact) mass is 234 g/mol. The third-order valence-corrected chi connectivity index (χ3v) is 3.27. The van der Waals surface area contributed by atoms with Crippen LogP contribution in [0.4, 0.5) is 0 Å². The standard InChI is InChI=1S/C15H22O2/c1-15(2,3)8-6-13(16)11-4-5-14-12(10-11)7-9-17-14/h4-5,10,13,16H,6-9H2,1-3H3. The first-order valence-electron chi connectivity index (χ1n) is 6.39. The Morgan fingerprint density at radius 1 is 1.35 bits per heavy atom. The number of hydrogen-bond donors (Lipinski definition) is 1. The van der Waals surface area contributed by atoms with Crippen molar-refractivity contribution >= 4 is 0 Å². The summed E-state index contributed by atoms with van der Waals surface area (Å²) in [4.78, 5) is 0. The van der Waals surface area contributed by atoms with Gasteiger partial charge < -0.3 is 9.84 Å². The maximum absolute atomic E-state index is 10.2. The van der Waals surface area contributed by atoms with Crippen molar-refractivity contribution in [2.24, 2.45) is 5.41 Å². The van der Waals surface area contributed by atoms with Crippen LogP contribution in [0.1, 0.15) is 50.8 Å². The molecule has 0 amide bonds. The predicted molar refractivity (Wildman–Crippen MR) is 69.3 cm³/mol. The van der Waals surface area contributed by atoms with Crippen LogP contribution in [0.3, 0.4) is 0 Å². The minimum atomic E-state index is -0.347. The minimum absolute atomic E-state index is 0.279. The summed E-state index contributed by atoms with van der Waals surface area (Å²) in [6.07, 6.45) is 2.47. The first kappa shape index (κ1) is 12.4. The van der Waals surface area contributed by atoms with Crippen molar-refractivity contribution in [2.75, 3.05) is 6.61 Å². The van der Waals surface area contributed by atoms with Gasteiger partial charge in [-0.15, -0.1) is 0 Å². The van der Waals surface area contributed by atoms with Crippen LogP contribution < -0.4 is 4.74 Å². The third-order valence-electron chi connectivity index (χ3n) is 3.27.